The number of rotatable bonds is 3. The van der Waals surface area contributed by atoms with Gasteiger partial charge in [0.2, 0.25) is 0 Å². The van der Waals surface area contributed by atoms with Gasteiger partial charge >= 0.3 is 0 Å². The maximum atomic E-state index is 6.08. The van der Waals surface area contributed by atoms with Crippen LogP contribution in [0.4, 0.5) is 11.5 Å². The van der Waals surface area contributed by atoms with Crippen molar-refractivity contribution in [3.8, 4) is 11.4 Å². The zero-order valence-corrected chi connectivity index (χ0v) is 14.8. The molecule has 0 aliphatic carbocycles. The predicted molar refractivity (Wildman–Crippen MR) is 109 cm³/mol. The van der Waals surface area contributed by atoms with Crippen LogP contribution in [0.5, 0.6) is 0 Å². The topological polar surface area (TPSA) is 37.8 Å². The van der Waals surface area contributed by atoms with E-state index in [0.717, 1.165) is 28.0 Å². The average Bonchev–Trinajstić information content (AvgIpc) is 2.62. The highest BCUT2D eigenvalue weighted by Gasteiger charge is 2.09. The highest BCUT2D eigenvalue weighted by atomic mass is 35.5. The van der Waals surface area contributed by atoms with Crippen LogP contribution in [0.2, 0.25) is 5.02 Å². The third-order valence-corrected chi connectivity index (χ3v) is 3.96. The van der Waals surface area contributed by atoms with Crippen molar-refractivity contribution in [3.05, 3.63) is 83.9 Å². The first kappa shape index (κ1) is 17.2. The fourth-order valence-electron chi connectivity index (χ4n) is 2.59. The quantitative estimate of drug-likeness (QED) is 0.456. The lowest BCUT2D eigenvalue weighted by Crippen LogP contribution is -1.99. The van der Waals surface area contributed by atoms with Crippen LogP contribution in [0, 0.1) is 0 Å². The number of hydrogen-bond donors (Lipinski definition) is 1. The van der Waals surface area contributed by atoms with Gasteiger partial charge in [0, 0.05) is 23.1 Å². The lowest BCUT2D eigenvalue weighted by Gasteiger charge is -2.11. The van der Waals surface area contributed by atoms with Gasteiger partial charge in [-0.05, 0) is 30.3 Å². The molecule has 4 rings (SSSR count). The van der Waals surface area contributed by atoms with E-state index in [-0.39, 0.29) is 13.8 Å². The van der Waals surface area contributed by atoms with Crippen molar-refractivity contribution in [1.82, 2.24) is 9.97 Å². The van der Waals surface area contributed by atoms with Gasteiger partial charge in [-0.25, -0.2) is 9.97 Å². The van der Waals surface area contributed by atoms with Crippen LogP contribution in [-0.2, 0) is 0 Å². The third-order valence-electron chi connectivity index (χ3n) is 3.72. The molecule has 1 heterocycles. The second kappa shape index (κ2) is 7.51. The minimum absolute atomic E-state index is 0. The van der Waals surface area contributed by atoms with Crippen molar-refractivity contribution in [2.24, 2.45) is 0 Å². The molecule has 4 aromatic rings. The average molecular weight is 370 g/mol. The highest BCUT2D eigenvalue weighted by Crippen LogP contribution is 2.28. The fourth-order valence-corrected chi connectivity index (χ4v) is 2.78. The van der Waals surface area contributed by atoms with Crippen LogP contribution in [-0.4, -0.2) is 9.97 Å². The molecule has 1 N–H and O–H groups in total. The molecule has 0 aliphatic heterocycles. The van der Waals surface area contributed by atoms with Crippen LogP contribution in [0.3, 0.4) is 0 Å². The van der Waals surface area contributed by atoms with Gasteiger partial charge in [-0.15, -0.1) is 12.4 Å². The fraction of sp³-hybridized carbons (Fsp3) is 0. The normalized spacial score (nSPS) is 10.3. The number of hydrogen-bond acceptors (Lipinski definition) is 3. The number of anilines is 2. The summed E-state index contributed by atoms with van der Waals surface area (Å²) < 4.78 is 0. The molecule has 0 fully saturated rings. The van der Waals surface area contributed by atoms with E-state index >= 15 is 0 Å². The van der Waals surface area contributed by atoms with E-state index in [4.69, 9.17) is 16.6 Å². The summed E-state index contributed by atoms with van der Waals surface area (Å²) in [6.45, 7) is 0. The number of halogens is 2. The second-order valence-corrected chi connectivity index (χ2v) is 5.85. The summed E-state index contributed by atoms with van der Waals surface area (Å²) in [7, 11) is 0. The zero-order chi connectivity index (χ0) is 16.4. The number of nitrogens with one attached hydrogen (secondary N) is 1. The Morgan fingerprint density at radius 1 is 0.800 bits per heavy atom. The van der Waals surface area contributed by atoms with Crippen LogP contribution < -0.4 is 5.32 Å². The Balaban J connectivity index is 0.00000121. The molecule has 0 saturated carbocycles. The van der Waals surface area contributed by atoms with E-state index < -0.39 is 0 Å². The van der Waals surface area contributed by atoms with E-state index in [1.165, 1.54) is 0 Å². The van der Waals surface area contributed by atoms with Gasteiger partial charge in [0.05, 0.1) is 5.52 Å². The predicted octanol–water partition coefficient (Wildman–Crippen LogP) is 6.36. The highest BCUT2D eigenvalue weighted by molar-refractivity contribution is 6.30. The first-order valence-corrected chi connectivity index (χ1v) is 8.02. The number of aromatic nitrogens is 2. The smallest absolute Gasteiger partial charge is 0.162 e. The Hall–Kier alpha value is -2.62. The summed E-state index contributed by atoms with van der Waals surface area (Å²) in [4.78, 5) is 9.42. The molecule has 1 aromatic heterocycles. The van der Waals surface area contributed by atoms with Gasteiger partial charge in [-0.1, -0.05) is 60.1 Å². The number of benzene rings is 3. The molecule has 3 nitrogen and oxygen atoms in total. The third kappa shape index (κ3) is 3.73. The lowest BCUT2D eigenvalue weighted by molar-refractivity contribution is 1.22. The van der Waals surface area contributed by atoms with Gasteiger partial charge in [-0.2, -0.15) is 0 Å². The van der Waals surface area contributed by atoms with Crippen LogP contribution in [0.1, 0.15) is 1.43 Å². The molecular weight excluding hydrogens is 353 g/mol. The second-order valence-electron chi connectivity index (χ2n) is 5.41. The zero-order valence-electron chi connectivity index (χ0n) is 13.2. The SMILES string of the molecule is Cl.Clc1cccc(Nc2nc(-c3ccccc3)nc3ccccc23)c1.[HH]. The molecule has 0 amide bonds. The molecule has 25 heavy (non-hydrogen) atoms. The van der Waals surface area contributed by atoms with Crippen LogP contribution in [0.15, 0.2) is 78.9 Å². The summed E-state index contributed by atoms with van der Waals surface area (Å²) >= 11 is 6.08. The molecule has 5 heteroatoms. The summed E-state index contributed by atoms with van der Waals surface area (Å²) in [6, 6.07) is 25.5. The molecule has 0 bridgehead atoms. The van der Waals surface area contributed by atoms with Crippen LogP contribution >= 0.6 is 24.0 Å². The van der Waals surface area contributed by atoms with E-state index in [1.807, 2.05) is 78.9 Å². The molecule has 0 radical (unpaired) electrons. The molecule has 0 spiro atoms. The van der Waals surface area contributed by atoms with Gasteiger partial charge in [-0.3, -0.25) is 0 Å². The van der Waals surface area contributed by atoms with Gasteiger partial charge < -0.3 is 5.32 Å². The largest absolute Gasteiger partial charge is 0.340 e. The van der Waals surface area contributed by atoms with E-state index in [2.05, 4.69) is 10.3 Å². The molecule has 126 valence electrons. The van der Waals surface area contributed by atoms with Crippen molar-refractivity contribution in [3.63, 3.8) is 0 Å². The summed E-state index contributed by atoms with van der Waals surface area (Å²) in [5.74, 6) is 1.46. The molecule has 3 aromatic carbocycles. The minimum Gasteiger partial charge on any atom is -0.340 e. The maximum Gasteiger partial charge on any atom is 0.162 e. The van der Waals surface area contributed by atoms with E-state index in [9.17, 15) is 0 Å². The monoisotopic (exact) mass is 369 g/mol. The van der Waals surface area contributed by atoms with Crippen molar-refractivity contribution < 1.29 is 1.43 Å². The lowest BCUT2D eigenvalue weighted by atomic mass is 10.2. The molecule has 0 atom stereocenters. The van der Waals surface area contributed by atoms with Gasteiger partial charge in [0.1, 0.15) is 5.82 Å². The Morgan fingerprint density at radius 2 is 1.56 bits per heavy atom. The van der Waals surface area contributed by atoms with Crippen molar-refractivity contribution >= 4 is 46.4 Å². The summed E-state index contributed by atoms with van der Waals surface area (Å²) in [5, 5.41) is 5.01. The Labute approximate surface area is 158 Å². The molecule has 0 unspecified atom stereocenters. The summed E-state index contributed by atoms with van der Waals surface area (Å²) in [5.41, 5.74) is 2.78. The maximum absolute atomic E-state index is 6.08. The number of para-hydroxylation sites is 1. The minimum atomic E-state index is 0. The van der Waals surface area contributed by atoms with E-state index in [1.54, 1.807) is 0 Å². The van der Waals surface area contributed by atoms with Crippen LogP contribution in [0.25, 0.3) is 22.3 Å². The van der Waals surface area contributed by atoms with E-state index in [0.29, 0.717) is 10.8 Å². The molecule has 0 saturated heterocycles. The summed E-state index contributed by atoms with van der Waals surface area (Å²) in [6.07, 6.45) is 0. The first-order valence-electron chi connectivity index (χ1n) is 7.64. The van der Waals surface area contributed by atoms with Crippen molar-refractivity contribution in [2.45, 2.75) is 0 Å². The number of nitrogens with zero attached hydrogens (tertiary/aromatic N) is 2. The molecular formula is C20H17Cl2N3. The van der Waals surface area contributed by atoms with Gasteiger partial charge in [0.15, 0.2) is 5.82 Å². The Morgan fingerprint density at radius 3 is 2.36 bits per heavy atom. The van der Waals surface area contributed by atoms with Gasteiger partial charge in [0.25, 0.3) is 0 Å². The van der Waals surface area contributed by atoms with Crippen molar-refractivity contribution in [2.75, 3.05) is 5.32 Å². The first-order chi connectivity index (χ1) is 11.8. The standard InChI is InChI=1S/C20H14ClN3.ClH.H2/c21-15-9-6-10-16(13-15)22-20-17-11-4-5-12-18(17)23-19(24-20)14-7-2-1-3-8-14;;/h1-13H,(H,22,23,24);2*1H. The Bertz CT molecular complexity index is 1010. The van der Waals surface area contributed by atoms with Crippen molar-refractivity contribution in [1.29, 1.82) is 0 Å². The Kier molecular flexibility index (Phi) is 5.17. The molecule has 0 aliphatic rings. The number of fused-ring (bicyclic) bond motifs is 1.